The summed E-state index contributed by atoms with van der Waals surface area (Å²) in [5, 5.41) is 11.4. The van der Waals surface area contributed by atoms with Gasteiger partial charge in [0.25, 0.3) is 0 Å². The van der Waals surface area contributed by atoms with Crippen LogP contribution in [0, 0.1) is 5.82 Å². The molecule has 23 heavy (non-hydrogen) atoms. The maximum absolute atomic E-state index is 13.2. The van der Waals surface area contributed by atoms with Crippen LogP contribution in [-0.2, 0) is 4.74 Å². The summed E-state index contributed by atoms with van der Waals surface area (Å²) in [6.07, 6.45) is 2.79. The summed E-state index contributed by atoms with van der Waals surface area (Å²) in [5.74, 6) is 0.240. The summed E-state index contributed by atoms with van der Waals surface area (Å²) in [7, 11) is 0. The summed E-state index contributed by atoms with van der Waals surface area (Å²) < 4.78 is 20.1. The van der Waals surface area contributed by atoms with E-state index in [2.05, 4.69) is 20.5 Å². The maximum Gasteiger partial charge on any atom is 0.169 e. The third kappa shape index (κ3) is 4.40. The molecule has 0 spiro atoms. The van der Waals surface area contributed by atoms with E-state index < -0.39 is 5.82 Å². The first kappa shape index (κ1) is 16.2. The molecule has 124 valence electrons. The smallest absolute Gasteiger partial charge is 0.169 e. The second-order valence-electron chi connectivity index (χ2n) is 5.38. The molecule has 8 heteroatoms. The number of hydrogen-bond donors (Lipinski definition) is 1. The van der Waals surface area contributed by atoms with Crippen molar-refractivity contribution in [3.05, 3.63) is 35.2 Å². The number of aromatic nitrogens is 3. The van der Waals surface area contributed by atoms with E-state index in [0.29, 0.717) is 11.5 Å². The molecular weight excluding hydrogens is 321 g/mol. The Morgan fingerprint density at radius 1 is 1.30 bits per heavy atom. The largest absolute Gasteiger partial charge is 0.379 e. The molecule has 0 saturated carbocycles. The number of nitrogens with one attached hydrogen (secondary N) is 1. The lowest BCUT2D eigenvalue weighted by Gasteiger charge is -2.26. The second kappa shape index (κ2) is 7.72. The Hall–Kier alpha value is -1.70. The average Bonchev–Trinajstić information content (AvgIpc) is 3.04. The van der Waals surface area contributed by atoms with Crippen LogP contribution in [0.5, 0.6) is 0 Å². The molecule has 1 fully saturated rings. The third-order valence-electron chi connectivity index (χ3n) is 3.72. The molecule has 0 atom stereocenters. The van der Waals surface area contributed by atoms with Crippen LogP contribution in [-0.4, -0.2) is 59.3 Å². The number of halogens is 2. The minimum atomic E-state index is -0.447. The molecule has 0 aliphatic carbocycles. The van der Waals surface area contributed by atoms with Gasteiger partial charge < -0.3 is 10.1 Å². The summed E-state index contributed by atoms with van der Waals surface area (Å²) in [5.41, 5.74) is 0.672. The van der Waals surface area contributed by atoms with E-state index in [1.54, 1.807) is 16.9 Å². The van der Waals surface area contributed by atoms with Crippen molar-refractivity contribution in [3.8, 4) is 5.69 Å². The molecular formula is C15H19ClFN5O. The Kier molecular flexibility index (Phi) is 5.43. The molecule has 2 aromatic rings. The van der Waals surface area contributed by atoms with Crippen molar-refractivity contribution in [2.75, 3.05) is 44.7 Å². The van der Waals surface area contributed by atoms with Crippen LogP contribution < -0.4 is 5.32 Å². The lowest BCUT2D eigenvalue weighted by atomic mass is 10.3. The Bertz CT molecular complexity index is 645. The van der Waals surface area contributed by atoms with Crippen molar-refractivity contribution in [1.29, 1.82) is 0 Å². The molecule has 0 unspecified atom stereocenters. The summed E-state index contributed by atoms with van der Waals surface area (Å²) in [6, 6.07) is 4.45. The topological polar surface area (TPSA) is 55.2 Å². The molecule has 1 aromatic carbocycles. The van der Waals surface area contributed by atoms with E-state index in [9.17, 15) is 4.39 Å². The molecule has 1 aliphatic heterocycles. The monoisotopic (exact) mass is 339 g/mol. The van der Waals surface area contributed by atoms with Gasteiger partial charge in [-0.05, 0) is 31.2 Å². The van der Waals surface area contributed by atoms with Crippen LogP contribution in [0.2, 0.25) is 5.02 Å². The zero-order valence-corrected chi connectivity index (χ0v) is 13.5. The van der Waals surface area contributed by atoms with Crippen LogP contribution in [0.3, 0.4) is 0 Å². The molecule has 0 bridgehead atoms. The standard InChI is InChI=1S/C15H19ClFN5O/c16-13-10-12(2-3-14(13)17)22-11-15(19-20-22)18-4-1-5-21-6-8-23-9-7-21/h2-3,10-11,18H,1,4-9H2. The highest BCUT2D eigenvalue weighted by atomic mass is 35.5. The second-order valence-corrected chi connectivity index (χ2v) is 5.79. The van der Waals surface area contributed by atoms with Gasteiger partial charge in [-0.1, -0.05) is 16.8 Å². The van der Waals surface area contributed by atoms with E-state index in [4.69, 9.17) is 16.3 Å². The van der Waals surface area contributed by atoms with Gasteiger partial charge in [0.1, 0.15) is 5.82 Å². The summed E-state index contributed by atoms with van der Waals surface area (Å²) in [4.78, 5) is 2.39. The highest BCUT2D eigenvalue weighted by Crippen LogP contribution is 2.18. The molecule has 2 heterocycles. The van der Waals surface area contributed by atoms with Crippen molar-refractivity contribution >= 4 is 17.4 Å². The average molecular weight is 340 g/mol. The first-order valence-corrected chi connectivity index (χ1v) is 8.02. The number of morpholine rings is 1. The minimum Gasteiger partial charge on any atom is -0.379 e. The lowest BCUT2D eigenvalue weighted by Crippen LogP contribution is -2.37. The fraction of sp³-hybridized carbons (Fsp3) is 0.467. The van der Waals surface area contributed by atoms with E-state index in [1.807, 2.05) is 0 Å². The Morgan fingerprint density at radius 2 is 2.13 bits per heavy atom. The Balaban J connectivity index is 1.48. The van der Waals surface area contributed by atoms with Gasteiger partial charge in [0.15, 0.2) is 5.82 Å². The molecule has 1 aliphatic rings. The van der Waals surface area contributed by atoms with Gasteiger partial charge in [0.05, 0.1) is 30.1 Å². The van der Waals surface area contributed by atoms with Crippen LogP contribution in [0.4, 0.5) is 10.2 Å². The fourth-order valence-corrected chi connectivity index (χ4v) is 2.62. The molecule has 3 rings (SSSR count). The van der Waals surface area contributed by atoms with Crippen LogP contribution >= 0.6 is 11.6 Å². The number of nitrogens with zero attached hydrogens (tertiary/aromatic N) is 4. The SMILES string of the molecule is Fc1ccc(-n2cc(NCCCN3CCOCC3)nn2)cc1Cl. The summed E-state index contributed by atoms with van der Waals surface area (Å²) >= 11 is 5.78. The lowest BCUT2D eigenvalue weighted by molar-refractivity contribution is 0.0378. The molecule has 1 N–H and O–H groups in total. The molecule has 1 aromatic heterocycles. The highest BCUT2D eigenvalue weighted by Gasteiger charge is 2.09. The number of hydrogen-bond acceptors (Lipinski definition) is 5. The zero-order valence-electron chi connectivity index (χ0n) is 12.7. The first-order valence-electron chi connectivity index (χ1n) is 7.64. The maximum atomic E-state index is 13.2. The van der Waals surface area contributed by atoms with Crippen LogP contribution in [0.1, 0.15) is 6.42 Å². The normalized spacial score (nSPS) is 15.7. The fourth-order valence-electron chi connectivity index (χ4n) is 2.44. The molecule has 0 radical (unpaired) electrons. The van der Waals surface area contributed by atoms with Gasteiger partial charge in [-0.3, -0.25) is 4.90 Å². The van der Waals surface area contributed by atoms with Crippen molar-refractivity contribution in [3.63, 3.8) is 0 Å². The summed E-state index contributed by atoms with van der Waals surface area (Å²) in [6.45, 7) is 5.51. The quantitative estimate of drug-likeness (QED) is 0.818. The number of anilines is 1. The molecule has 6 nitrogen and oxygen atoms in total. The zero-order chi connectivity index (χ0) is 16.1. The Morgan fingerprint density at radius 3 is 2.91 bits per heavy atom. The third-order valence-corrected chi connectivity index (χ3v) is 4.01. The van der Waals surface area contributed by atoms with E-state index in [-0.39, 0.29) is 5.02 Å². The van der Waals surface area contributed by atoms with Gasteiger partial charge in [0, 0.05) is 19.6 Å². The predicted molar refractivity (Wildman–Crippen MR) is 86.7 cm³/mol. The van der Waals surface area contributed by atoms with Crippen molar-refractivity contribution in [2.45, 2.75) is 6.42 Å². The Labute approximate surface area is 139 Å². The van der Waals surface area contributed by atoms with Gasteiger partial charge in [-0.2, -0.15) is 0 Å². The molecule has 1 saturated heterocycles. The minimum absolute atomic E-state index is 0.0676. The van der Waals surface area contributed by atoms with Crippen molar-refractivity contribution in [1.82, 2.24) is 19.9 Å². The van der Waals surface area contributed by atoms with Crippen molar-refractivity contribution in [2.24, 2.45) is 0 Å². The van der Waals surface area contributed by atoms with E-state index in [1.165, 1.54) is 12.1 Å². The van der Waals surface area contributed by atoms with Gasteiger partial charge in [-0.15, -0.1) is 5.10 Å². The van der Waals surface area contributed by atoms with E-state index >= 15 is 0 Å². The van der Waals surface area contributed by atoms with Gasteiger partial charge >= 0.3 is 0 Å². The van der Waals surface area contributed by atoms with Crippen LogP contribution in [0.15, 0.2) is 24.4 Å². The van der Waals surface area contributed by atoms with Crippen molar-refractivity contribution < 1.29 is 9.13 Å². The number of ether oxygens (including phenoxy) is 1. The molecule has 0 amide bonds. The number of benzene rings is 1. The van der Waals surface area contributed by atoms with E-state index in [0.717, 1.165) is 45.8 Å². The highest BCUT2D eigenvalue weighted by molar-refractivity contribution is 6.30. The first-order chi connectivity index (χ1) is 11.2. The predicted octanol–water partition coefficient (Wildman–Crippen LogP) is 2.19. The number of rotatable bonds is 6. The van der Waals surface area contributed by atoms with Crippen LogP contribution in [0.25, 0.3) is 5.69 Å². The van der Waals surface area contributed by atoms with Gasteiger partial charge in [0.2, 0.25) is 0 Å². The van der Waals surface area contributed by atoms with Gasteiger partial charge in [-0.25, -0.2) is 9.07 Å².